The van der Waals surface area contributed by atoms with Crippen LogP contribution in [0.15, 0.2) is 47.4 Å². The number of nitrogens with two attached hydrogens (primary N) is 1. The van der Waals surface area contributed by atoms with Gasteiger partial charge in [0.15, 0.2) is 6.61 Å². The normalized spacial score (nSPS) is 21.1. The average molecular weight is 685 g/mol. The first-order valence-electron chi connectivity index (χ1n) is 16.1. The maximum Gasteiger partial charge on any atom is 0.406 e. The number of aromatic nitrogens is 1. The number of piperidine rings is 1. The Morgan fingerprint density at radius 3 is 2.46 bits per heavy atom. The molecule has 1 saturated carbocycles. The molecule has 0 bridgehead atoms. The molecule has 14 heteroatoms. The van der Waals surface area contributed by atoms with E-state index in [1.165, 1.54) is 35.6 Å². The lowest BCUT2D eigenvalue weighted by molar-refractivity contribution is -0.143. The second-order valence-electron chi connectivity index (χ2n) is 13.0. The summed E-state index contributed by atoms with van der Waals surface area (Å²) >= 11 is 0. The van der Waals surface area contributed by atoms with E-state index in [9.17, 15) is 21.6 Å². The Kier molecular flexibility index (Phi) is 9.81. The number of halogens is 3. The van der Waals surface area contributed by atoms with E-state index in [-0.39, 0.29) is 35.5 Å². The highest BCUT2D eigenvalue weighted by Crippen LogP contribution is 2.40. The number of nitriles is 1. The summed E-state index contributed by atoms with van der Waals surface area (Å²) in [6, 6.07) is 13.5. The molecule has 1 aliphatic carbocycles. The van der Waals surface area contributed by atoms with Crippen molar-refractivity contribution in [1.82, 2.24) is 9.47 Å². The van der Waals surface area contributed by atoms with Gasteiger partial charge in [0.05, 0.1) is 41.6 Å². The summed E-state index contributed by atoms with van der Waals surface area (Å²) < 4.78 is 76.7. The quantitative estimate of drug-likeness (QED) is 0.267. The molecule has 3 fully saturated rings. The van der Waals surface area contributed by atoms with E-state index >= 15 is 0 Å². The number of hydrogen-bond donors (Lipinski definition) is 3. The molecule has 2 saturated heterocycles. The van der Waals surface area contributed by atoms with Crippen LogP contribution in [-0.4, -0.2) is 75.6 Å². The number of hydrogen-bond acceptors (Lipinski definition) is 8. The third-order valence-corrected chi connectivity index (χ3v) is 10.6. The van der Waals surface area contributed by atoms with E-state index in [1.807, 2.05) is 12.1 Å². The van der Waals surface area contributed by atoms with Crippen molar-refractivity contribution < 1.29 is 31.1 Å². The zero-order chi connectivity index (χ0) is 33.9. The van der Waals surface area contributed by atoms with Crippen molar-refractivity contribution in [1.29, 1.82) is 5.26 Å². The van der Waals surface area contributed by atoms with Crippen LogP contribution >= 0.6 is 0 Å². The summed E-state index contributed by atoms with van der Waals surface area (Å²) in [5.74, 6) is 5.83. The molecule has 3 aromatic rings. The number of anilines is 2. The number of nitrogens with zero attached hydrogens (tertiary/aromatic N) is 3. The van der Waals surface area contributed by atoms with Gasteiger partial charge in [-0.1, -0.05) is 12.0 Å². The van der Waals surface area contributed by atoms with Crippen LogP contribution in [0.25, 0.3) is 10.9 Å². The maximum atomic E-state index is 13.7. The number of nitrogens with one attached hydrogen (secondary N) is 2. The summed E-state index contributed by atoms with van der Waals surface area (Å²) in [5, 5.41) is 21.4. The zero-order valence-electron chi connectivity index (χ0n) is 26.5. The van der Waals surface area contributed by atoms with Crippen LogP contribution in [0.2, 0.25) is 0 Å². The maximum absolute atomic E-state index is 13.7. The average Bonchev–Trinajstić information content (AvgIpc) is 3.38. The van der Waals surface area contributed by atoms with Gasteiger partial charge in [-0.2, -0.15) is 18.4 Å². The highest BCUT2D eigenvalue weighted by molar-refractivity contribution is 7.89. The fourth-order valence-electron chi connectivity index (χ4n) is 7.04. The highest BCUT2D eigenvalue weighted by atomic mass is 32.2. The van der Waals surface area contributed by atoms with E-state index in [0.717, 1.165) is 57.7 Å². The van der Waals surface area contributed by atoms with Crippen molar-refractivity contribution >= 4 is 32.3 Å². The number of primary sulfonamides is 1. The highest BCUT2D eigenvalue weighted by Gasteiger charge is 2.42. The van der Waals surface area contributed by atoms with Crippen LogP contribution in [0, 0.1) is 28.6 Å². The fraction of sp³-hybridized carbons (Fsp3) is 0.500. The summed E-state index contributed by atoms with van der Waals surface area (Å²) in [6.07, 6.45) is 2.11. The van der Waals surface area contributed by atoms with Crippen LogP contribution in [0.3, 0.4) is 0 Å². The van der Waals surface area contributed by atoms with E-state index < -0.39 is 22.7 Å². The van der Waals surface area contributed by atoms with Crippen LogP contribution in [0.4, 0.5) is 24.5 Å². The first kappa shape index (κ1) is 33.9. The van der Waals surface area contributed by atoms with E-state index in [4.69, 9.17) is 19.9 Å². The third-order valence-electron chi connectivity index (χ3n) is 9.69. The standard InChI is InChI=1S/C34H39F3N6O4S/c35-34(36,37)21-43-26(3-2-15-40-30-11-10-27(48(39,44)45)20-32(30)47-18-14-38)19-28-29(4-1-5-31(28)43)41-24-6-8-25(9-7-24)42-16-12-33(13-17-42)22-46-23-33/h1,4-5,10-11,19-20,24-25,40-41H,6-9,12-13,15-18,21-23H2,(H2,39,44,45)/t24-,25+. The number of rotatable bonds is 9. The Labute approximate surface area is 278 Å². The van der Waals surface area contributed by atoms with Gasteiger partial charge in [0.25, 0.3) is 0 Å². The van der Waals surface area contributed by atoms with E-state index in [0.29, 0.717) is 28.0 Å². The molecule has 4 N–H and O–H groups in total. The third kappa shape index (κ3) is 7.84. The first-order chi connectivity index (χ1) is 22.9. The van der Waals surface area contributed by atoms with Crippen molar-refractivity contribution in [2.24, 2.45) is 10.6 Å². The molecule has 2 aliphatic heterocycles. The molecule has 0 unspecified atom stereocenters. The largest absolute Gasteiger partial charge is 0.477 e. The zero-order valence-corrected chi connectivity index (χ0v) is 27.3. The predicted octanol–water partition coefficient (Wildman–Crippen LogP) is 5.05. The second-order valence-corrected chi connectivity index (χ2v) is 14.5. The van der Waals surface area contributed by atoms with Gasteiger partial charge in [0.1, 0.15) is 18.4 Å². The molecule has 1 aromatic heterocycles. The Balaban J connectivity index is 1.15. The van der Waals surface area contributed by atoms with Crippen LogP contribution < -0.4 is 20.5 Å². The molecule has 48 heavy (non-hydrogen) atoms. The summed E-state index contributed by atoms with van der Waals surface area (Å²) in [5.41, 5.74) is 2.21. The van der Waals surface area contributed by atoms with Crippen molar-refractivity contribution in [2.45, 2.75) is 68.2 Å². The van der Waals surface area contributed by atoms with Gasteiger partial charge in [0, 0.05) is 34.6 Å². The summed E-state index contributed by atoms with van der Waals surface area (Å²) in [4.78, 5) is 2.44. The van der Waals surface area contributed by atoms with Crippen LogP contribution in [-0.2, 0) is 21.3 Å². The minimum absolute atomic E-state index is 0.00526. The monoisotopic (exact) mass is 684 g/mol. The number of alkyl halides is 3. The summed E-state index contributed by atoms with van der Waals surface area (Å²) in [7, 11) is -4.01. The number of likely N-dealkylation sites (tertiary alicyclic amines) is 1. The molecule has 10 nitrogen and oxygen atoms in total. The SMILES string of the molecule is N#CCOc1cc(S(N)(=O)=O)ccc1NCC#Cc1cc2c(N[C@H]3CC[C@@H](N4CCC5(CC4)COC5)CC3)cccc2n1CC(F)(F)F. The Morgan fingerprint density at radius 1 is 1.06 bits per heavy atom. The number of benzene rings is 2. The van der Waals surface area contributed by atoms with Gasteiger partial charge >= 0.3 is 6.18 Å². The lowest BCUT2D eigenvalue weighted by Crippen LogP contribution is -2.53. The van der Waals surface area contributed by atoms with Gasteiger partial charge in [-0.05, 0) is 87.9 Å². The number of fused-ring (bicyclic) bond motifs is 1. The van der Waals surface area contributed by atoms with Gasteiger partial charge in [-0.15, -0.1) is 0 Å². The van der Waals surface area contributed by atoms with Crippen LogP contribution in [0.1, 0.15) is 44.2 Å². The second kappa shape index (κ2) is 13.9. The molecular weight excluding hydrogens is 645 g/mol. The Hall–Kier alpha value is -3.95. The fourth-order valence-corrected chi connectivity index (χ4v) is 7.57. The van der Waals surface area contributed by atoms with Crippen molar-refractivity contribution in [2.75, 3.05) is 50.1 Å². The lowest BCUT2D eigenvalue weighted by atomic mass is 9.76. The van der Waals surface area contributed by atoms with Crippen LogP contribution in [0.5, 0.6) is 5.75 Å². The molecule has 6 rings (SSSR count). The summed E-state index contributed by atoms with van der Waals surface area (Å²) in [6.45, 7) is 2.53. The molecule has 0 atom stereocenters. The molecule has 3 aliphatic rings. The Morgan fingerprint density at radius 2 is 1.81 bits per heavy atom. The Bertz CT molecular complexity index is 1840. The number of ether oxygens (including phenoxy) is 2. The predicted molar refractivity (Wildman–Crippen MR) is 176 cm³/mol. The topological polar surface area (TPSA) is 135 Å². The van der Waals surface area contributed by atoms with E-state index in [1.54, 1.807) is 18.2 Å². The molecule has 256 valence electrons. The van der Waals surface area contributed by atoms with Gasteiger partial charge < -0.3 is 29.6 Å². The molecule has 3 heterocycles. The van der Waals surface area contributed by atoms with Crippen molar-refractivity contribution in [3.05, 3.63) is 48.2 Å². The molecular formula is C34H39F3N6O4S. The molecule has 2 aromatic carbocycles. The van der Waals surface area contributed by atoms with Gasteiger partial charge in [-0.25, -0.2) is 13.6 Å². The van der Waals surface area contributed by atoms with Crippen molar-refractivity contribution in [3.63, 3.8) is 0 Å². The van der Waals surface area contributed by atoms with Gasteiger partial charge in [0.2, 0.25) is 10.0 Å². The molecule has 1 spiro atoms. The van der Waals surface area contributed by atoms with Gasteiger partial charge in [-0.3, -0.25) is 0 Å². The van der Waals surface area contributed by atoms with Crippen molar-refractivity contribution in [3.8, 4) is 23.7 Å². The lowest BCUT2D eigenvalue weighted by Gasteiger charge is -2.49. The molecule has 0 radical (unpaired) electrons. The smallest absolute Gasteiger partial charge is 0.406 e. The van der Waals surface area contributed by atoms with E-state index in [2.05, 4.69) is 27.4 Å². The number of sulfonamides is 1. The molecule has 0 amide bonds. The first-order valence-corrected chi connectivity index (χ1v) is 17.6. The minimum Gasteiger partial charge on any atom is -0.477 e. The minimum atomic E-state index is -4.46.